The number of hydrogen-bond donors (Lipinski definition) is 6. The maximum absolute atomic E-state index is 10.5. The predicted octanol–water partition coefficient (Wildman–Crippen LogP) is -3.49. The Balaban J connectivity index is 0.00000256. The van der Waals surface area contributed by atoms with Crippen molar-refractivity contribution in [1.29, 1.82) is 0 Å². The van der Waals surface area contributed by atoms with E-state index in [0.29, 0.717) is 0 Å². The number of ether oxygens (including phenoxy) is 1. The van der Waals surface area contributed by atoms with Crippen LogP contribution in [-0.4, -0.2) is 105 Å². The van der Waals surface area contributed by atoms with Crippen molar-refractivity contribution in [3.63, 3.8) is 0 Å². The van der Waals surface area contributed by atoms with Gasteiger partial charge in [-0.1, -0.05) is 0 Å². The Labute approximate surface area is 126 Å². The number of aliphatic hydroxyl groups excluding tert-OH is 4. The third-order valence-electron chi connectivity index (χ3n) is 2.09. The standard InChI is InChI=1S/C6H13O9P.Ca/c7-1-2-3(8)4(9)5(10)6(14-2)15-16(11,12)13;/h2-10H,1H2,(H2,11,12,13);/q;+2/t2-,3-,4+,5-,6-;/m1./s1. The molecular formula is C6H13CaO9P+2. The second kappa shape index (κ2) is 7.09. The summed E-state index contributed by atoms with van der Waals surface area (Å²) >= 11 is 0. The summed E-state index contributed by atoms with van der Waals surface area (Å²) in [7, 11) is -4.91. The van der Waals surface area contributed by atoms with E-state index in [9.17, 15) is 19.9 Å². The molecular weight excluding hydrogens is 287 g/mol. The summed E-state index contributed by atoms with van der Waals surface area (Å²) in [5.74, 6) is 0. The van der Waals surface area contributed by atoms with Gasteiger partial charge in [-0.25, -0.2) is 4.57 Å². The van der Waals surface area contributed by atoms with Crippen LogP contribution >= 0.6 is 7.82 Å². The van der Waals surface area contributed by atoms with E-state index in [0.717, 1.165) is 0 Å². The number of phosphoric ester groups is 1. The zero-order valence-corrected chi connectivity index (χ0v) is 11.8. The van der Waals surface area contributed by atoms with Gasteiger partial charge in [0.2, 0.25) is 0 Å². The summed E-state index contributed by atoms with van der Waals surface area (Å²) in [5, 5.41) is 36.6. The Bertz CT molecular complexity index is 281. The minimum atomic E-state index is -4.91. The van der Waals surface area contributed by atoms with Crippen LogP contribution in [0.15, 0.2) is 0 Å². The van der Waals surface area contributed by atoms with Crippen LogP contribution < -0.4 is 0 Å². The number of aliphatic hydroxyl groups is 4. The molecule has 1 heterocycles. The maximum Gasteiger partial charge on any atom is 2.00 e. The van der Waals surface area contributed by atoms with E-state index < -0.39 is 45.1 Å². The van der Waals surface area contributed by atoms with Crippen molar-refractivity contribution in [3.8, 4) is 0 Å². The van der Waals surface area contributed by atoms with Crippen LogP contribution in [0.5, 0.6) is 0 Å². The third kappa shape index (κ3) is 4.98. The van der Waals surface area contributed by atoms with E-state index in [-0.39, 0.29) is 37.7 Å². The van der Waals surface area contributed by atoms with Gasteiger partial charge in [-0.05, 0) is 0 Å². The van der Waals surface area contributed by atoms with E-state index in [1.54, 1.807) is 0 Å². The molecule has 17 heavy (non-hydrogen) atoms. The molecule has 1 rings (SSSR count). The van der Waals surface area contributed by atoms with Crippen LogP contribution in [0, 0.1) is 0 Å². The Morgan fingerprint density at radius 1 is 1.12 bits per heavy atom. The molecule has 5 atom stereocenters. The summed E-state index contributed by atoms with van der Waals surface area (Å²) in [6.07, 6.45) is -8.25. The van der Waals surface area contributed by atoms with Gasteiger partial charge in [0.15, 0.2) is 6.29 Å². The molecule has 0 radical (unpaired) electrons. The van der Waals surface area contributed by atoms with Gasteiger partial charge in [0, 0.05) is 0 Å². The first-order valence-electron chi connectivity index (χ1n) is 4.30. The molecule has 0 aliphatic carbocycles. The van der Waals surface area contributed by atoms with Gasteiger partial charge in [0.05, 0.1) is 6.61 Å². The largest absolute Gasteiger partial charge is 2.00 e. The van der Waals surface area contributed by atoms with E-state index in [2.05, 4.69) is 9.26 Å². The van der Waals surface area contributed by atoms with Crippen LogP contribution in [-0.2, 0) is 13.8 Å². The fourth-order valence-corrected chi connectivity index (χ4v) is 1.73. The third-order valence-corrected chi connectivity index (χ3v) is 2.57. The molecule has 9 nitrogen and oxygen atoms in total. The first-order chi connectivity index (χ1) is 7.26. The van der Waals surface area contributed by atoms with E-state index in [1.807, 2.05) is 0 Å². The molecule has 1 aliphatic heterocycles. The van der Waals surface area contributed by atoms with Gasteiger partial charge in [0.1, 0.15) is 24.4 Å². The molecule has 6 N–H and O–H groups in total. The summed E-state index contributed by atoms with van der Waals surface area (Å²) in [6, 6.07) is 0. The SMILES string of the molecule is O=P(O)(O)O[C@H]1O[C@H](CO)[C@@H](O)[C@H](O)[C@H]1O.[Ca+2]. The fourth-order valence-electron chi connectivity index (χ4n) is 1.29. The Hall–Kier alpha value is 1.17. The molecule has 96 valence electrons. The Kier molecular flexibility index (Phi) is 7.57. The van der Waals surface area contributed by atoms with E-state index in [1.165, 1.54) is 0 Å². The molecule has 0 aromatic rings. The van der Waals surface area contributed by atoms with Crippen molar-refractivity contribution in [3.05, 3.63) is 0 Å². The summed E-state index contributed by atoms with van der Waals surface area (Å²) in [5.41, 5.74) is 0. The van der Waals surface area contributed by atoms with Crippen LogP contribution in [0.25, 0.3) is 0 Å². The van der Waals surface area contributed by atoms with Crippen molar-refractivity contribution in [2.24, 2.45) is 0 Å². The number of phosphoric acid groups is 1. The fraction of sp³-hybridized carbons (Fsp3) is 1.00. The van der Waals surface area contributed by atoms with Crippen molar-refractivity contribution >= 4 is 45.6 Å². The molecule has 0 spiro atoms. The van der Waals surface area contributed by atoms with Crippen molar-refractivity contribution in [2.45, 2.75) is 30.7 Å². The van der Waals surface area contributed by atoms with Crippen molar-refractivity contribution < 1.29 is 44.0 Å². The van der Waals surface area contributed by atoms with Gasteiger partial charge >= 0.3 is 45.6 Å². The molecule has 1 aliphatic rings. The zero-order chi connectivity index (χ0) is 12.5. The van der Waals surface area contributed by atoms with Gasteiger partial charge < -0.3 is 34.9 Å². The van der Waals surface area contributed by atoms with Crippen molar-refractivity contribution in [1.82, 2.24) is 0 Å². The molecule has 0 amide bonds. The minimum absolute atomic E-state index is 0. The predicted molar refractivity (Wildman–Crippen MR) is 52.7 cm³/mol. The first-order valence-corrected chi connectivity index (χ1v) is 5.83. The molecule has 0 bridgehead atoms. The summed E-state index contributed by atoms with van der Waals surface area (Å²) in [4.78, 5) is 17.0. The molecule has 1 saturated heterocycles. The summed E-state index contributed by atoms with van der Waals surface area (Å²) < 4.78 is 19.2. The van der Waals surface area contributed by atoms with Crippen LogP contribution in [0.2, 0.25) is 0 Å². The van der Waals surface area contributed by atoms with Crippen molar-refractivity contribution in [2.75, 3.05) is 6.61 Å². The number of rotatable bonds is 3. The molecule has 0 unspecified atom stereocenters. The molecule has 0 aromatic carbocycles. The average Bonchev–Trinajstić information content (AvgIpc) is 2.17. The van der Waals surface area contributed by atoms with Gasteiger partial charge in [-0.2, -0.15) is 0 Å². The monoisotopic (exact) mass is 300 g/mol. The molecule has 1 fully saturated rings. The molecule has 0 aromatic heterocycles. The summed E-state index contributed by atoms with van der Waals surface area (Å²) in [6.45, 7) is -0.702. The van der Waals surface area contributed by atoms with Crippen LogP contribution in [0.1, 0.15) is 0 Å². The van der Waals surface area contributed by atoms with Crippen LogP contribution in [0.4, 0.5) is 0 Å². The Morgan fingerprint density at radius 3 is 2.06 bits per heavy atom. The van der Waals surface area contributed by atoms with E-state index in [4.69, 9.17) is 14.9 Å². The van der Waals surface area contributed by atoms with Gasteiger partial charge in [0.25, 0.3) is 0 Å². The maximum atomic E-state index is 10.5. The molecule has 0 saturated carbocycles. The number of hydrogen-bond acceptors (Lipinski definition) is 7. The first kappa shape index (κ1) is 18.2. The zero-order valence-electron chi connectivity index (χ0n) is 8.66. The quantitative estimate of drug-likeness (QED) is 0.230. The average molecular weight is 300 g/mol. The van der Waals surface area contributed by atoms with Gasteiger partial charge in [-0.3, -0.25) is 4.52 Å². The van der Waals surface area contributed by atoms with Crippen LogP contribution in [0.3, 0.4) is 0 Å². The van der Waals surface area contributed by atoms with Gasteiger partial charge in [-0.15, -0.1) is 0 Å². The topological polar surface area (TPSA) is 157 Å². The molecule has 11 heteroatoms. The Morgan fingerprint density at radius 2 is 1.65 bits per heavy atom. The normalized spacial score (nSPS) is 38.6. The van der Waals surface area contributed by atoms with E-state index >= 15 is 0 Å². The minimum Gasteiger partial charge on any atom is -0.394 e. The second-order valence-electron chi connectivity index (χ2n) is 3.29. The smallest absolute Gasteiger partial charge is 0.394 e. The second-order valence-corrected chi connectivity index (χ2v) is 4.49.